The highest BCUT2D eigenvalue weighted by Gasteiger charge is 2.33. The number of ether oxygens (including phenoxy) is 3. The quantitative estimate of drug-likeness (QED) is 0.788. The smallest absolute Gasteiger partial charge is 0.267 e. The van der Waals surface area contributed by atoms with Crippen molar-refractivity contribution in [3.63, 3.8) is 0 Å². The molecule has 2 aromatic carbocycles. The van der Waals surface area contributed by atoms with Crippen LogP contribution in [-0.2, 0) is 9.59 Å². The molecule has 2 aliphatic rings. The van der Waals surface area contributed by atoms with Crippen LogP contribution in [-0.4, -0.2) is 37.7 Å². The predicted molar refractivity (Wildman–Crippen MR) is 103 cm³/mol. The number of para-hydroxylation sites is 2. The van der Waals surface area contributed by atoms with Gasteiger partial charge in [0.05, 0.1) is 17.9 Å². The van der Waals surface area contributed by atoms with E-state index in [1.807, 2.05) is 6.07 Å². The van der Waals surface area contributed by atoms with Gasteiger partial charge in [-0.25, -0.2) is 0 Å². The number of hydrogen-bond donors (Lipinski definition) is 1. The van der Waals surface area contributed by atoms with Gasteiger partial charge >= 0.3 is 0 Å². The molecule has 0 aliphatic carbocycles. The van der Waals surface area contributed by atoms with Crippen molar-refractivity contribution >= 4 is 39.1 Å². The Kier molecular flexibility index (Phi) is 4.65. The summed E-state index contributed by atoms with van der Waals surface area (Å²) in [5.74, 6) is 1.19. The first-order valence-corrected chi connectivity index (χ1v) is 9.26. The van der Waals surface area contributed by atoms with Gasteiger partial charge in [0, 0.05) is 23.5 Å². The van der Waals surface area contributed by atoms with Crippen LogP contribution in [0.25, 0.3) is 0 Å². The zero-order chi connectivity index (χ0) is 19.0. The molecule has 0 spiro atoms. The van der Waals surface area contributed by atoms with Crippen LogP contribution in [0.3, 0.4) is 0 Å². The van der Waals surface area contributed by atoms with Gasteiger partial charge in [0.1, 0.15) is 19.0 Å². The maximum atomic E-state index is 12.8. The molecular weight excluding hydrogens is 416 g/mol. The van der Waals surface area contributed by atoms with Crippen LogP contribution in [0.5, 0.6) is 17.2 Å². The average molecular weight is 433 g/mol. The third-order valence-corrected chi connectivity index (χ3v) is 4.99. The molecule has 2 aliphatic heterocycles. The molecule has 1 atom stereocenters. The molecule has 0 saturated carbocycles. The van der Waals surface area contributed by atoms with Crippen LogP contribution in [0.15, 0.2) is 40.9 Å². The number of halogens is 1. The number of rotatable bonds is 2. The molecule has 8 heteroatoms. The summed E-state index contributed by atoms with van der Waals surface area (Å²) >= 11 is 3.43. The largest absolute Gasteiger partial charge is 0.486 e. The van der Waals surface area contributed by atoms with E-state index in [-0.39, 0.29) is 18.4 Å². The normalized spacial score (nSPS) is 17.6. The van der Waals surface area contributed by atoms with Gasteiger partial charge in [-0.05, 0) is 28.1 Å². The summed E-state index contributed by atoms with van der Waals surface area (Å²) in [7, 11) is 0. The number of nitrogens with one attached hydrogen (secondary N) is 1. The summed E-state index contributed by atoms with van der Waals surface area (Å²) < 4.78 is 17.6. The van der Waals surface area contributed by atoms with E-state index in [1.165, 1.54) is 6.92 Å². The fraction of sp³-hybridized carbons (Fsp3) is 0.263. The average Bonchev–Trinajstić information content (AvgIpc) is 2.67. The molecule has 0 aromatic heterocycles. The molecule has 1 N–H and O–H groups in total. The monoisotopic (exact) mass is 432 g/mol. The molecule has 2 amide bonds. The Balaban J connectivity index is 1.56. The fourth-order valence-corrected chi connectivity index (χ4v) is 3.46. The second kappa shape index (κ2) is 7.11. The number of benzene rings is 2. The van der Waals surface area contributed by atoms with E-state index in [9.17, 15) is 9.59 Å². The topological polar surface area (TPSA) is 77.1 Å². The molecule has 4 rings (SSSR count). The second-order valence-electron chi connectivity index (χ2n) is 6.17. The van der Waals surface area contributed by atoms with Crippen LogP contribution in [0.4, 0.5) is 11.4 Å². The van der Waals surface area contributed by atoms with Crippen LogP contribution in [0.2, 0.25) is 0 Å². The number of nitrogens with zero attached hydrogens (tertiary/aromatic N) is 1. The summed E-state index contributed by atoms with van der Waals surface area (Å²) in [6.07, 6.45) is -0.830. The zero-order valence-corrected chi connectivity index (χ0v) is 16.1. The molecule has 2 aromatic rings. The highest BCUT2D eigenvalue weighted by Crippen LogP contribution is 2.38. The van der Waals surface area contributed by atoms with E-state index in [0.717, 1.165) is 0 Å². The number of carbonyl (C=O) groups is 2. The first kappa shape index (κ1) is 17.7. The molecule has 27 heavy (non-hydrogen) atoms. The molecule has 0 saturated heterocycles. The van der Waals surface area contributed by atoms with E-state index in [2.05, 4.69) is 21.2 Å². The predicted octanol–water partition coefficient (Wildman–Crippen LogP) is 2.97. The highest BCUT2D eigenvalue weighted by atomic mass is 79.9. The van der Waals surface area contributed by atoms with E-state index in [4.69, 9.17) is 14.2 Å². The van der Waals surface area contributed by atoms with Crippen molar-refractivity contribution in [3.05, 3.63) is 40.9 Å². The standard InChI is InChI=1S/C19H17BrN2O5/c1-11(23)22-10-18(27-15-5-3-2-4-14(15)22)19(24)21-13-9-17-16(8-12(13)20)25-6-7-26-17/h2-5,8-9,18H,6-7,10H2,1H3,(H,21,24). The molecule has 0 bridgehead atoms. The van der Waals surface area contributed by atoms with Crippen LogP contribution < -0.4 is 24.4 Å². The van der Waals surface area contributed by atoms with E-state index in [1.54, 1.807) is 35.2 Å². The lowest BCUT2D eigenvalue weighted by atomic mass is 10.1. The molecule has 0 fully saturated rings. The maximum Gasteiger partial charge on any atom is 0.267 e. The Morgan fingerprint density at radius 3 is 2.56 bits per heavy atom. The van der Waals surface area contributed by atoms with E-state index < -0.39 is 6.10 Å². The van der Waals surface area contributed by atoms with Crippen molar-refractivity contribution in [1.82, 2.24) is 0 Å². The summed E-state index contributed by atoms with van der Waals surface area (Å²) in [5.41, 5.74) is 1.20. The summed E-state index contributed by atoms with van der Waals surface area (Å²) in [6.45, 7) is 2.55. The zero-order valence-electron chi connectivity index (χ0n) is 14.5. The minimum Gasteiger partial charge on any atom is -0.486 e. The fourth-order valence-electron chi connectivity index (χ4n) is 3.04. The van der Waals surface area contributed by atoms with Crippen LogP contribution in [0.1, 0.15) is 6.92 Å². The minimum atomic E-state index is -0.830. The molecule has 140 valence electrons. The number of hydrogen-bond acceptors (Lipinski definition) is 5. The van der Waals surface area contributed by atoms with Gasteiger partial charge in [0.25, 0.3) is 5.91 Å². The van der Waals surface area contributed by atoms with Gasteiger partial charge in [-0.2, -0.15) is 0 Å². The molecule has 1 unspecified atom stereocenters. The minimum absolute atomic E-state index is 0.139. The van der Waals surface area contributed by atoms with Crippen LogP contribution in [0, 0.1) is 0 Å². The maximum absolute atomic E-state index is 12.8. The van der Waals surface area contributed by atoms with Crippen molar-refractivity contribution in [2.24, 2.45) is 0 Å². The Morgan fingerprint density at radius 2 is 1.81 bits per heavy atom. The lowest BCUT2D eigenvalue weighted by molar-refractivity contribution is -0.123. The van der Waals surface area contributed by atoms with Gasteiger partial charge in [0.2, 0.25) is 5.91 Å². The molecule has 2 heterocycles. The van der Waals surface area contributed by atoms with Crippen molar-refractivity contribution in [1.29, 1.82) is 0 Å². The molecule has 7 nitrogen and oxygen atoms in total. The lowest BCUT2D eigenvalue weighted by Crippen LogP contribution is -2.48. The Hall–Kier alpha value is -2.74. The molecular formula is C19H17BrN2O5. The van der Waals surface area contributed by atoms with Gasteiger partial charge in [-0.3, -0.25) is 9.59 Å². The van der Waals surface area contributed by atoms with Crippen molar-refractivity contribution < 1.29 is 23.8 Å². The van der Waals surface area contributed by atoms with Crippen LogP contribution >= 0.6 is 15.9 Å². The van der Waals surface area contributed by atoms with Gasteiger partial charge in [-0.15, -0.1) is 0 Å². The number of carbonyl (C=O) groups excluding carboxylic acids is 2. The van der Waals surface area contributed by atoms with Gasteiger partial charge < -0.3 is 24.4 Å². The first-order chi connectivity index (χ1) is 13.0. The van der Waals surface area contributed by atoms with Gasteiger partial charge in [-0.1, -0.05) is 12.1 Å². The first-order valence-electron chi connectivity index (χ1n) is 8.47. The van der Waals surface area contributed by atoms with E-state index >= 15 is 0 Å². The third-order valence-electron chi connectivity index (χ3n) is 4.34. The Labute approximate surface area is 164 Å². The number of amides is 2. The Bertz CT molecular complexity index is 917. The molecule has 0 radical (unpaired) electrons. The SMILES string of the molecule is CC(=O)N1CC(C(=O)Nc2cc3c(cc2Br)OCCO3)Oc2ccccc21. The number of fused-ring (bicyclic) bond motifs is 2. The highest BCUT2D eigenvalue weighted by molar-refractivity contribution is 9.10. The lowest BCUT2D eigenvalue weighted by Gasteiger charge is -2.33. The van der Waals surface area contributed by atoms with Crippen molar-refractivity contribution in [3.8, 4) is 17.2 Å². The van der Waals surface area contributed by atoms with Gasteiger partial charge in [0.15, 0.2) is 17.6 Å². The van der Waals surface area contributed by atoms with Crippen molar-refractivity contribution in [2.75, 3.05) is 30.0 Å². The Morgan fingerprint density at radius 1 is 1.11 bits per heavy atom. The summed E-state index contributed by atoms with van der Waals surface area (Å²) in [5, 5.41) is 2.84. The summed E-state index contributed by atoms with van der Waals surface area (Å²) in [6, 6.07) is 10.6. The second-order valence-corrected chi connectivity index (χ2v) is 7.02. The van der Waals surface area contributed by atoms with Crippen molar-refractivity contribution in [2.45, 2.75) is 13.0 Å². The van der Waals surface area contributed by atoms with E-state index in [0.29, 0.717) is 46.3 Å². The third kappa shape index (κ3) is 3.44. The summed E-state index contributed by atoms with van der Waals surface area (Å²) in [4.78, 5) is 26.3. The number of anilines is 2.